The van der Waals surface area contributed by atoms with Gasteiger partial charge in [0.15, 0.2) is 9.84 Å². The lowest BCUT2D eigenvalue weighted by Crippen LogP contribution is -2.06. The SMILES string of the molecule is Cc1cc(S(=O)(=O)Cc2cn3ccccc3n2)ccc1N. The van der Waals surface area contributed by atoms with Gasteiger partial charge in [-0.1, -0.05) is 6.07 Å². The molecular weight excluding hydrogens is 286 g/mol. The summed E-state index contributed by atoms with van der Waals surface area (Å²) in [4.78, 5) is 4.59. The predicted molar refractivity (Wildman–Crippen MR) is 81.7 cm³/mol. The van der Waals surface area contributed by atoms with Crippen molar-refractivity contribution in [1.82, 2.24) is 9.38 Å². The molecule has 1 aromatic carbocycles. The number of aromatic nitrogens is 2. The zero-order valence-electron chi connectivity index (χ0n) is 11.5. The average Bonchev–Trinajstić information content (AvgIpc) is 2.82. The van der Waals surface area contributed by atoms with E-state index in [0.717, 1.165) is 11.2 Å². The maximum Gasteiger partial charge on any atom is 0.184 e. The second-order valence-electron chi connectivity index (χ2n) is 4.98. The number of aryl methyl sites for hydroxylation is 1. The Morgan fingerprint density at radius 2 is 2.05 bits per heavy atom. The van der Waals surface area contributed by atoms with E-state index in [1.165, 1.54) is 6.07 Å². The molecule has 0 aliphatic heterocycles. The highest BCUT2D eigenvalue weighted by molar-refractivity contribution is 7.90. The Balaban J connectivity index is 1.96. The molecule has 0 aliphatic carbocycles. The van der Waals surface area contributed by atoms with Gasteiger partial charge in [0.05, 0.1) is 16.3 Å². The van der Waals surface area contributed by atoms with E-state index >= 15 is 0 Å². The molecule has 6 heteroatoms. The van der Waals surface area contributed by atoms with Crippen LogP contribution in [0.25, 0.3) is 5.65 Å². The zero-order chi connectivity index (χ0) is 15.0. The van der Waals surface area contributed by atoms with Crippen molar-refractivity contribution >= 4 is 21.2 Å². The van der Waals surface area contributed by atoms with Crippen LogP contribution in [-0.4, -0.2) is 17.8 Å². The molecule has 108 valence electrons. The van der Waals surface area contributed by atoms with Crippen molar-refractivity contribution in [3.63, 3.8) is 0 Å². The molecule has 3 aromatic rings. The molecule has 3 rings (SSSR count). The Bertz CT molecular complexity index is 881. The minimum Gasteiger partial charge on any atom is -0.399 e. The second kappa shape index (κ2) is 4.89. The van der Waals surface area contributed by atoms with E-state index in [2.05, 4.69) is 4.98 Å². The standard InChI is InChI=1S/C15H15N3O2S/c1-11-8-13(5-6-14(11)16)21(19,20)10-12-9-18-7-3-2-4-15(18)17-12/h2-9H,10,16H2,1H3. The number of pyridine rings is 1. The highest BCUT2D eigenvalue weighted by Crippen LogP contribution is 2.20. The fourth-order valence-corrected chi connectivity index (χ4v) is 3.50. The first kappa shape index (κ1) is 13.6. The van der Waals surface area contributed by atoms with E-state index in [4.69, 9.17) is 5.73 Å². The number of hydrogen-bond acceptors (Lipinski definition) is 4. The van der Waals surface area contributed by atoms with Gasteiger partial charge in [0.25, 0.3) is 0 Å². The van der Waals surface area contributed by atoms with Crippen LogP contribution in [0, 0.1) is 6.92 Å². The first-order valence-electron chi connectivity index (χ1n) is 6.47. The Morgan fingerprint density at radius 1 is 1.24 bits per heavy atom. The van der Waals surface area contributed by atoms with Crippen LogP contribution in [0.1, 0.15) is 11.3 Å². The molecule has 5 nitrogen and oxygen atoms in total. The zero-order valence-corrected chi connectivity index (χ0v) is 12.3. The average molecular weight is 301 g/mol. The third-order valence-corrected chi connectivity index (χ3v) is 5.00. The van der Waals surface area contributed by atoms with E-state index in [0.29, 0.717) is 11.4 Å². The molecule has 0 saturated heterocycles. The van der Waals surface area contributed by atoms with Gasteiger partial charge in [-0.25, -0.2) is 13.4 Å². The second-order valence-corrected chi connectivity index (χ2v) is 6.97. The summed E-state index contributed by atoms with van der Waals surface area (Å²) in [5.74, 6) is -0.127. The van der Waals surface area contributed by atoms with E-state index in [1.807, 2.05) is 24.4 Å². The van der Waals surface area contributed by atoms with Crippen molar-refractivity contribution in [2.75, 3.05) is 5.73 Å². The van der Waals surface area contributed by atoms with Gasteiger partial charge in [-0.2, -0.15) is 0 Å². The fourth-order valence-electron chi connectivity index (χ4n) is 2.18. The predicted octanol–water partition coefficient (Wildman–Crippen LogP) is 2.20. The third-order valence-electron chi connectivity index (χ3n) is 3.35. The molecule has 0 atom stereocenters. The largest absolute Gasteiger partial charge is 0.399 e. The third kappa shape index (κ3) is 2.62. The quantitative estimate of drug-likeness (QED) is 0.752. The molecular formula is C15H15N3O2S. The Hall–Kier alpha value is -2.34. The summed E-state index contributed by atoms with van der Waals surface area (Å²) < 4.78 is 26.7. The highest BCUT2D eigenvalue weighted by Gasteiger charge is 2.18. The molecule has 2 heterocycles. The van der Waals surface area contributed by atoms with Gasteiger partial charge in [-0.3, -0.25) is 0 Å². The lowest BCUT2D eigenvalue weighted by Gasteiger charge is -2.05. The number of imidazole rings is 1. The highest BCUT2D eigenvalue weighted by atomic mass is 32.2. The van der Waals surface area contributed by atoms with Gasteiger partial charge in [-0.15, -0.1) is 0 Å². The van der Waals surface area contributed by atoms with Gasteiger partial charge in [0, 0.05) is 18.1 Å². The molecule has 0 aliphatic rings. The first-order valence-corrected chi connectivity index (χ1v) is 8.12. The number of fused-ring (bicyclic) bond motifs is 1. The number of sulfone groups is 1. The minimum atomic E-state index is -3.43. The summed E-state index contributed by atoms with van der Waals surface area (Å²) in [6.45, 7) is 1.79. The Morgan fingerprint density at radius 3 is 2.76 bits per heavy atom. The summed E-state index contributed by atoms with van der Waals surface area (Å²) >= 11 is 0. The summed E-state index contributed by atoms with van der Waals surface area (Å²) in [5.41, 5.74) is 8.32. The molecule has 0 unspecified atom stereocenters. The number of rotatable bonds is 3. The molecule has 0 fully saturated rings. The summed E-state index contributed by atoms with van der Waals surface area (Å²) in [5, 5.41) is 0. The van der Waals surface area contributed by atoms with Crippen LogP contribution in [0.5, 0.6) is 0 Å². The first-order chi connectivity index (χ1) is 9.95. The molecule has 0 amide bonds. The van der Waals surface area contributed by atoms with Crippen molar-refractivity contribution in [2.24, 2.45) is 0 Å². The van der Waals surface area contributed by atoms with Crippen LogP contribution in [0.4, 0.5) is 5.69 Å². The monoisotopic (exact) mass is 301 g/mol. The van der Waals surface area contributed by atoms with Crippen LogP contribution in [0.15, 0.2) is 53.7 Å². The van der Waals surface area contributed by atoms with Crippen molar-refractivity contribution in [1.29, 1.82) is 0 Å². The normalized spacial score (nSPS) is 11.9. The molecule has 0 bridgehead atoms. The van der Waals surface area contributed by atoms with Crippen LogP contribution < -0.4 is 5.73 Å². The number of benzene rings is 1. The molecule has 21 heavy (non-hydrogen) atoms. The molecule has 0 spiro atoms. The van der Waals surface area contributed by atoms with Crippen molar-refractivity contribution < 1.29 is 8.42 Å². The van der Waals surface area contributed by atoms with Crippen LogP contribution in [-0.2, 0) is 15.6 Å². The van der Waals surface area contributed by atoms with E-state index in [9.17, 15) is 8.42 Å². The lowest BCUT2D eigenvalue weighted by atomic mass is 10.2. The van der Waals surface area contributed by atoms with Crippen LogP contribution in [0.2, 0.25) is 0 Å². The fraction of sp³-hybridized carbons (Fsp3) is 0.133. The molecule has 2 aromatic heterocycles. The van der Waals surface area contributed by atoms with Gasteiger partial charge < -0.3 is 10.1 Å². The van der Waals surface area contributed by atoms with Crippen molar-refractivity contribution in [3.05, 3.63) is 60.0 Å². The summed E-state index contributed by atoms with van der Waals surface area (Å²) in [6, 6.07) is 10.3. The van der Waals surface area contributed by atoms with Crippen LogP contribution in [0.3, 0.4) is 0 Å². The van der Waals surface area contributed by atoms with E-state index in [1.54, 1.807) is 29.7 Å². The smallest absolute Gasteiger partial charge is 0.184 e. The van der Waals surface area contributed by atoms with Crippen LogP contribution >= 0.6 is 0 Å². The Kier molecular flexibility index (Phi) is 3.17. The van der Waals surface area contributed by atoms with Crippen molar-refractivity contribution in [2.45, 2.75) is 17.6 Å². The van der Waals surface area contributed by atoms with Crippen molar-refractivity contribution in [3.8, 4) is 0 Å². The minimum absolute atomic E-state index is 0.127. The number of hydrogen-bond donors (Lipinski definition) is 1. The lowest BCUT2D eigenvalue weighted by molar-refractivity contribution is 0.594. The molecule has 0 saturated carbocycles. The summed E-state index contributed by atoms with van der Waals surface area (Å²) in [7, 11) is -3.43. The summed E-state index contributed by atoms with van der Waals surface area (Å²) in [6.07, 6.45) is 3.57. The number of nitrogen functional groups attached to an aromatic ring is 1. The molecule has 0 radical (unpaired) electrons. The Labute approximate surface area is 123 Å². The van der Waals surface area contributed by atoms with E-state index in [-0.39, 0.29) is 10.6 Å². The van der Waals surface area contributed by atoms with Gasteiger partial charge in [0.2, 0.25) is 0 Å². The topological polar surface area (TPSA) is 77.5 Å². The van der Waals surface area contributed by atoms with Gasteiger partial charge in [0.1, 0.15) is 5.65 Å². The number of nitrogens with two attached hydrogens (primary N) is 1. The number of anilines is 1. The van der Waals surface area contributed by atoms with Gasteiger partial charge in [-0.05, 0) is 42.8 Å². The number of nitrogens with zero attached hydrogens (tertiary/aromatic N) is 2. The van der Waals surface area contributed by atoms with Gasteiger partial charge >= 0.3 is 0 Å². The maximum atomic E-state index is 12.5. The maximum absolute atomic E-state index is 12.5. The molecule has 2 N–H and O–H groups in total. The van der Waals surface area contributed by atoms with E-state index < -0.39 is 9.84 Å².